The molecule has 112 valence electrons. The lowest BCUT2D eigenvalue weighted by Gasteiger charge is -2.14. The van der Waals surface area contributed by atoms with Crippen LogP contribution in [0.3, 0.4) is 0 Å². The number of halogens is 1. The Hall–Kier alpha value is -2.17. The second-order valence-corrected chi connectivity index (χ2v) is 5.54. The van der Waals surface area contributed by atoms with Gasteiger partial charge in [0.25, 0.3) is 0 Å². The standard InChI is InChI=1S/C17H17ClN4/c1-12(14-7-8-19-16(18)9-14)20-10-15-11-21-22-17(15)13-5-3-2-4-6-13/h2-9,11-12,20H,10H2,1H3,(H,21,22). The number of aromatic amines is 1. The van der Waals surface area contributed by atoms with Crippen LogP contribution >= 0.6 is 11.6 Å². The number of hydrogen-bond acceptors (Lipinski definition) is 3. The first-order valence-corrected chi connectivity index (χ1v) is 7.54. The molecule has 1 atom stereocenters. The number of benzene rings is 1. The van der Waals surface area contributed by atoms with Crippen molar-refractivity contribution < 1.29 is 0 Å². The summed E-state index contributed by atoms with van der Waals surface area (Å²) in [6, 6.07) is 14.2. The Labute approximate surface area is 134 Å². The zero-order valence-corrected chi connectivity index (χ0v) is 13.0. The number of H-pyrrole nitrogens is 1. The molecule has 1 unspecified atom stereocenters. The molecule has 4 nitrogen and oxygen atoms in total. The van der Waals surface area contributed by atoms with Gasteiger partial charge in [-0.05, 0) is 30.2 Å². The van der Waals surface area contributed by atoms with E-state index in [2.05, 4.69) is 39.6 Å². The maximum atomic E-state index is 5.94. The van der Waals surface area contributed by atoms with Gasteiger partial charge in [-0.25, -0.2) is 4.98 Å². The summed E-state index contributed by atoms with van der Waals surface area (Å²) < 4.78 is 0. The molecule has 3 aromatic rings. The Morgan fingerprint density at radius 1 is 1.23 bits per heavy atom. The molecule has 3 rings (SSSR count). The first-order chi connectivity index (χ1) is 10.7. The van der Waals surface area contributed by atoms with Crippen LogP contribution in [0.15, 0.2) is 54.9 Å². The van der Waals surface area contributed by atoms with Gasteiger partial charge in [0.15, 0.2) is 0 Å². The van der Waals surface area contributed by atoms with Crippen LogP contribution in [-0.2, 0) is 6.54 Å². The van der Waals surface area contributed by atoms with Crippen molar-refractivity contribution in [1.82, 2.24) is 20.5 Å². The number of nitrogens with one attached hydrogen (secondary N) is 2. The molecule has 0 fully saturated rings. The normalized spacial score (nSPS) is 12.3. The molecule has 5 heteroatoms. The molecule has 0 aliphatic heterocycles. The number of aromatic nitrogens is 3. The third kappa shape index (κ3) is 3.35. The topological polar surface area (TPSA) is 53.6 Å². The molecular formula is C17H17ClN4. The van der Waals surface area contributed by atoms with Gasteiger partial charge in [0.1, 0.15) is 5.15 Å². The maximum Gasteiger partial charge on any atom is 0.129 e. The van der Waals surface area contributed by atoms with Crippen molar-refractivity contribution in [2.75, 3.05) is 0 Å². The van der Waals surface area contributed by atoms with Crippen LogP contribution < -0.4 is 5.32 Å². The van der Waals surface area contributed by atoms with Gasteiger partial charge >= 0.3 is 0 Å². The minimum absolute atomic E-state index is 0.180. The van der Waals surface area contributed by atoms with E-state index in [0.717, 1.165) is 28.9 Å². The zero-order valence-electron chi connectivity index (χ0n) is 12.3. The molecule has 0 aliphatic carbocycles. The molecular weight excluding hydrogens is 296 g/mol. The summed E-state index contributed by atoms with van der Waals surface area (Å²) in [6.07, 6.45) is 3.59. The van der Waals surface area contributed by atoms with Crippen LogP contribution in [0.2, 0.25) is 5.15 Å². The van der Waals surface area contributed by atoms with E-state index in [9.17, 15) is 0 Å². The fourth-order valence-electron chi connectivity index (χ4n) is 2.37. The van der Waals surface area contributed by atoms with Gasteiger partial charge in [0, 0.05) is 24.3 Å². The van der Waals surface area contributed by atoms with E-state index in [1.165, 1.54) is 0 Å². The van der Waals surface area contributed by atoms with Gasteiger partial charge in [-0.2, -0.15) is 5.10 Å². The van der Waals surface area contributed by atoms with Gasteiger partial charge in [0.2, 0.25) is 0 Å². The number of rotatable bonds is 5. The summed E-state index contributed by atoms with van der Waals surface area (Å²) in [5.74, 6) is 0. The van der Waals surface area contributed by atoms with Crippen molar-refractivity contribution in [2.45, 2.75) is 19.5 Å². The second-order valence-electron chi connectivity index (χ2n) is 5.15. The van der Waals surface area contributed by atoms with Crippen LogP contribution in [0.4, 0.5) is 0 Å². The summed E-state index contributed by atoms with van der Waals surface area (Å²) in [5, 5.41) is 11.2. The fraction of sp³-hybridized carbons (Fsp3) is 0.176. The molecule has 22 heavy (non-hydrogen) atoms. The summed E-state index contributed by atoms with van der Waals surface area (Å²) >= 11 is 5.94. The summed E-state index contributed by atoms with van der Waals surface area (Å²) in [4.78, 5) is 4.01. The van der Waals surface area contributed by atoms with Crippen LogP contribution in [0.5, 0.6) is 0 Å². The highest BCUT2D eigenvalue weighted by Crippen LogP contribution is 2.22. The van der Waals surface area contributed by atoms with Crippen molar-refractivity contribution in [3.63, 3.8) is 0 Å². The van der Waals surface area contributed by atoms with E-state index in [-0.39, 0.29) is 6.04 Å². The molecule has 0 amide bonds. The Kier molecular flexibility index (Phi) is 4.51. The van der Waals surface area contributed by atoms with E-state index in [1.807, 2.05) is 36.5 Å². The quantitative estimate of drug-likeness (QED) is 0.701. The molecule has 0 bridgehead atoms. The fourth-order valence-corrected chi connectivity index (χ4v) is 2.55. The molecule has 2 N–H and O–H groups in total. The van der Waals surface area contributed by atoms with E-state index < -0.39 is 0 Å². The first kappa shape index (κ1) is 14.8. The smallest absolute Gasteiger partial charge is 0.129 e. The van der Waals surface area contributed by atoms with Gasteiger partial charge in [-0.3, -0.25) is 5.10 Å². The van der Waals surface area contributed by atoms with Gasteiger partial charge in [-0.1, -0.05) is 41.9 Å². The van der Waals surface area contributed by atoms with E-state index in [0.29, 0.717) is 5.15 Å². The maximum absolute atomic E-state index is 5.94. The Morgan fingerprint density at radius 3 is 2.82 bits per heavy atom. The van der Waals surface area contributed by atoms with Crippen molar-refractivity contribution >= 4 is 11.6 Å². The van der Waals surface area contributed by atoms with Crippen molar-refractivity contribution in [1.29, 1.82) is 0 Å². The zero-order chi connectivity index (χ0) is 15.4. The van der Waals surface area contributed by atoms with E-state index >= 15 is 0 Å². The Morgan fingerprint density at radius 2 is 2.05 bits per heavy atom. The highest BCUT2D eigenvalue weighted by molar-refractivity contribution is 6.29. The average Bonchev–Trinajstić information content (AvgIpc) is 3.02. The van der Waals surface area contributed by atoms with Gasteiger partial charge in [0.05, 0.1) is 11.9 Å². The first-order valence-electron chi connectivity index (χ1n) is 7.16. The van der Waals surface area contributed by atoms with Crippen LogP contribution in [0.1, 0.15) is 24.1 Å². The van der Waals surface area contributed by atoms with Gasteiger partial charge < -0.3 is 5.32 Å². The highest BCUT2D eigenvalue weighted by Gasteiger charge is 2.10. The predicted molar refractivity (Wildman–Crippen MR) is 88.5 cm³/mol. The van der Waals surface area contributed by atoms with E-state index in [4.69, 9.17) is 11.6 Å². The van der Waals surface area contributed by atoms with Crippen molar-refractivity contribution in [3.8, 4) is 11.3 Å². The molecule has 0 saturated carbocycles. The number of pyridine rings is 1. The average molecular weight is 313 g/mol. The van der Waals surface area contributed by atoms with Crippen LogP contribution in [-0.4, -0.2) is 15.2 Å². The van der Waals surface area contributed by atoms with Crippen LogP contribution in [0.25, 0.3) is 11.3 Å². The number of hydrogen-bond donors (Lipinski definition) is 2. The lowest BCUT2D eigenvalue weighted by molar-refractivity contribution is 0.575. The molecule has 0 spiro atoms. The summed E-state index contributed by atoms with van der Waals surface area (Å²) in [6.45, 7) is 2.83. The predicted octanol–water partition coefficient (Wildman–Crippen LogP) is 3.98. The molecule has 0 radical (unpaired) electrons. The van der Waals surface area contributed by atoms with Gasteiger partial charge in [-0.15, -0.1) is 0 Å². The van der Waals surface area contributed by atoms with Crippen LogP contribution in [0, 0.1) is 0 Å². The monoisotopic (exact) mass is 312 g/mol. The minimum Gasteiger partial charge on any atom is -0.306 e. The molecule has 0 saturated heterocycles. The lowest BCUT2D eigenvalue weighted by atomic mass is 10.1. The highest BCUT2D eigenvalue weighted by atomic mass is 35.5. The lowest BCUT2D eigenvalue weighted by Crippen LogP contribution is -2.18. The molecule has 2 aromatic heterocycles. The minimum atomic E-state index is 0.180. The third-order valence-corrected chi connectivity index (χ3v) is 3.84. The number of nitrogens with zero attached hydrogens (tertiary/aromatic N) is 2. The van der Waals surface area contributed by atoms with Crippen molar-refractivity contribution in [3.05, 3.63) is 71.1 Å². The Bertz CT molecular complexity index is 739. The molecule has 1 aromatic carbocycles. The third-order valence-electron chi connectivity index (χ3n) is 3.63. The second kappa shape index (κ2) is 6.73. The molecule has 2 heterocycles. The molecule has 0 aliphatic rings. The Balaban J connectivity index is 1.71. The summed E-state index contributed by atoms with van der Waals surface area (Å²) in [5.41, 5.74) is 4.44. The van der Waals surface area contributed by atoms with E-state index in [1.54, 1.807) is 6.20 Å². The SMILES string of the molecule is CC(NCc1cn[nH]c1-c1ccccc1)c1ccnc(Cl)c1. The van der Waals surface area contributed by atoms with Crippen molar-refractivity contribution in [2.24, 2.45) is 0 Å². The summed E-state index contributed by atoms with van der Waals surface area (Å²) in [7, 11) is 0. The largest absolute Gasteiger partial charge is 0.306 e.